The number of hydrogen-bond acceptors (Lipinski definition) is 2. The zero-order valence-electron chi connectivity index (χ0n) is 16.7. The molecule has 1 amide bonds. The van der Waals surface area contributed by atoms with Gasteiger partial charge in [-0.3, -0.25) is 4.79 Å². The van der Waals surface area contributed by atoms with E-state index < -0.39 is 6.10 Å². The zero-order valence-corrected chi connectivity index (χ0v) is 16.7. The Morgan fingerprint density at radius 2 is 1.43 bits per heavy atom. The molecule has 3 aromatic rings. The predicted octanol–water partition coefficient (Wildman–Crippen LogP) is 5.37. The van der Waals surface area contributed by atoms with Crippen molar-refractivity contribution >= 4 is 5.91 Å². The van der Waals surface area contributed by atoms with Crippen molar-refractivity contribution in [3.8, 4) is 5.75 Å². The highest BCUT2D eigenvalue weighted by Gasteiger charge is 2.24. The summed E-state index contributed by atoms with van der Waals surface area (Å²) in [5, 5.41) is 3.19. The van der Waals surface area contributed by atoms with Crippen LogP contribution in [-0.4, -0.2) is 12.0 Å². The number of aryl methyl sites for hydroxylation is 1. The van der Waals surface area contributed by atoms with E-state index in [9.17, 15) is 4.79 Å². The van der Waals surface area contributed by atoms with Gasteiger partial charge >= 0.3 is 0 Å². The van der Waals surface area contributed by atoms with Crippen molar-refractivity contribution in [2.75, 3.05) is 0 Å². The molecular formula is C25H27NO2. The van der Waals surface area contributed by atoms with Crippen molar-refractivity contribution in [1.29, 1.82) is 0 Å². The lowest BCUT2D eigenvalue weighted by Crippen LogP contribution is -2.40. The molecule has 0 spiro atoms. The zero-order chi connectivity index (χ0) is 19.9. The molecule has 0 aromatic heterocycles. The van der Waals surface area contributed by atoms with Crippen LogP contribution in [-0.2, 0) is 4.79 Å². The van der Waals surface area contributed by atoms with E-state index >= 15 is 0 Å². The van der Waals surface area contributed by atoms with Gasteiger partial charge in [-0.2, -0.15) is 0 Å². The van der Waals surface area contributed by atoms with Crippen molar-refractivity contribution in [1.82, 2.24) is 5.32 Å². The van der Waals surface area contributed by atoms with Gasteiger partial charge < -0.3 is 10.1 Å². The standard InChI is InChI=1S/C25H27NO2/c1-4-22(28-23-17-11-12-18(2)19(23)3)25(27)26-24(20-13-7-5-8-14-20)21-15-9-6-10-16-21/h5-17,22,24H,4H2,1-3H3,(H,26,27)/t22-/m1/s1. The van der Waals surface area contributed by atoms with Gasteiger partial charge in [0, 0.05) is 0 Å². The number of amides is 1. The second-order valence-electron chi connectivity index (χ2n) is 6.98. The highest BCUT2D eigenvalue weighted by atomic mass is 16.5. The van der Waals surface area contributed by atoms with Crippen LogP contribution in [0.25, 0.3) is 0 Å². The first-order chi connectivity index (χ1) is 13.6. The van der Waals surface area contributed by atoms with E-state index in [1.165, 1.54) is 0 Å². The van der Waals surface area contributed by atoms with E-state index in [0.29, 0.717) is 6.42 Å². The van der Waals surface area contributed by atoms with Crippen LogP contribution in [0.1, 0.15) is 41.6 Å². The molecule has 3 aromatic carbocycles. The van der Waals surface area contributed by atoms with Gasteiger partial charge in [0.25, 0.3) is 5.91 Å². The Kier molecular flexibility index (Phi) is 6.49. The molecule has 0 unspecified atom stereocenters. The number of carbonyl (C=O) groups excluding carboxylic acids is 1. The van der Waals surface area contributed by atoms with Crippen molar-refractivity contribution in [2.45, 2.75) is 39.3 Å². The second-order valence-corrected chi connectivity index (χ2v) is 6.98. The lowest BCUT2D eigenvalue weighted by molar-refractivity contribution is -0.128. The Hall–Kier alpha value is -3.07. The van der Waals surface area contributed by atoms with Crippen molar-refractivity contribution in [3.05, 3.63) is 101 Å². The summed E-state index contributed by atoms with van der Waals surface area (Å²) in [5.41, 5.74) is 4.31. The van der Waals surface area contributed by atoms with Crippen LogP contribution in [0.15, 0.2) is 78.9 Å². The predicted molar refractivity (Wildman–Crippen MR) is 113 cm³/mol. The van der Waals surface area contributed by atoms with Crippen molar-refractivity contribution in [3.63, 3.8) is 0 Å². The fourth-order valence-corrected chi connectivity index (χ4v) is 3.21. The fourth-order valence-electron chi connectivity index (χ4n) is 3.21. The van der Waals surface area contributed by atoms with Crippen LogP contribution in [0.3, 0.4) is 0 Å². The Morgan fingerprint density at radius 1 is 0.857 bits per heavy atom. The summed E-state index contributed by atoms with van der Waals surface area (Å²) in [6.07, 6.45) is 0.0469. The van der Waals surface area contributed by atoms with Gasteiger partial charge in [0.1, 0.15) is 5.75 Å². The molecule has 0 heterocycles. The van der Waals surface area contributed by atoms with Crippen LogP contribution in [0, 0.1) is 13.8 Å². The minimum absolute atomic E-state index is 0.110. The number of nitrogens with one attached hydrogen (secondary N) is 1. The quantitative estimate of drug-likeness (QED) is 0.605. The number of rotatable bonds is 7. The van der Waals surface area contributed by atoms with E-state index in [1.54, 1.807) is 0 Å². The maximum Gasteiger partial charge on any atom is 0.261 e. The average molecular weight is 373 g/mol. The minimum atomic E-state index is -0.546. The SMILES string of the molecule is CC[C@@H](Oc1cccc(C)c1C)C(=O)NC(c1ccccc1)c1ccccc1. The first-order valence-electron chi connectivity index (χ1n) is 9.73. The average Bonchev–Trinajstić information content (AvgIpc) is 2.74. The molecule has 0 aliphatic heterocycles. The van der Waals surface area contributed by atoms with Crippen molar-refractivity contribution in [2.24, 2.45) is 0 Å². The van der Waals surface area contributed by atoms with E-state index in [1.807, 2.05) is 99.6 Å². The minimum Gasteiger partial charge on any atom is -0.480 e. The van der Waals surface area contributed by atoms with Gasteiger partial charge in [-0.15, -0.1) is 0 Å². The highest BCUT2D eigenvalue weighted by molar-refractivity contribution is 5.82. The van der Waals surface area contributed by atoms with Crippen LogP contribution in [0.4, 0.5) is 0 Å². The molecule has 1 atom stereocenters. The molecule has 1 N–H and O–H groups in total. The summed E-state index contributed by atoms with van der Waals surface area (Å²) in [6.45, 7) is 6.03. The molecule has 0 fully saturated rings. The number of carbonyl (C=O) groups is 1. The van der Waals surface area contributed by atoms with E-state index in [0.717, 1.165) is 28.0 Å². The molecule has 0 radical (unpaired) electrons. The second kappa shape index (κ2) is 9.23. The van der Waals surface area contributed by atoms with E-state index in [4.69, 9.17) is 4.74 Å². The van der Waals surface area contributed by atoms with Gasteiger partial charge in [-0.25, -0.2) is 0 Å². The van der Waals surface area contributed by atoms with Gasteiger partial charge in [0.15, 0.2) is 6.10 Å². The van der Waals surface area contributed by atoms with Crippen LogP contribution in [0.5, 0.6) is 5.75 Å². The molecule has 0 aliphatic carbocycles. The summed E-state index contributed by atoms with van der Waals surface area (Å²) in [5.74, 6) is 0.652. The van der Waals surface area contributed by atoms with Crippen LogP contribution >= 0.6 is 0 Å². The molecule has 144 valence electrons. The summed E-state index contributed by atoms with van der Waals surface area (Å²) in [4.78, 5) is 13.1. The fraction of sp³-hybridized carbons (Fsp3) is 0.240. The molecule has 3 heteroatoms. The Balaban J connectivity index is 1.83. The first kappa shape index (κ1) is 19.7. The summed E-state index contributed by atoms with van der Waals surface area (Å²) in [7, 11) is 0. The maximum atomic E-state index is 13.1. The molecule has 0 saturated heterocycles. The number of hydrogen-bond donors (Lipinski definition) is 1. The Morgan fingerprint density at radius 3 is 1.96 bits per heavy atom. The van der Waals surface area contributed by atoms with Gasteiger partial charge in [-0.05, 0) is 48.6 Å². The lowest BCUT2D eigenvalue weighted by atomic mass is 9.98. The Labute approximate surface area is 167 Å². The number of benzene rings is 3. The molecule has 0 saturated carbocycles. The van der Waals surface area contributed by atoms with E-state index in [2.05, 4.69) is 5.32 Å². The highest BCUT2D eigenvalue weighted by Crippen LogP contribution is 2.25. The molecule has 0 bridgehead atoms. The molecule has 3 nitrogen and oxygen atoms in total. The smallest absolute Gasteiger partial charge is 0.261 e. The normalized spacial score (nSPS) is 11.9. The molecule has 3 rings (SSSR count). The molecular weight excluding hydrogens is 346 g/mol. The van der Waals surface area contributed by atoms with Crippen LogP contribution < -0.4 is 10.1 Å². The van der Waals surface area contributed by atoms with Gasteiger partial charge in [0.2, 0.25) is 0 Å². The van der Waals surface area contributed by atoms with Gasteiger partial charge in [-0.1, -0.05) is 79.7 Å². The summed E-state index contributed by atoms with van der Waals surface area (Å²) >= 11 is 0. The number of ether oxygens (including phenoxy) is 1. The Bertz CT molecular complexity index is 867. The van der Waals surface area contributed by atoms with E-state index in [-0.39, 0.29) is 11.9 Å². The maximum absolute atomic E-state index is 13.1. The summed E-state index contributed by atoms with van der Waals surface area (Å²) < 4.78 is 6.10. The molecule has 0 aliphatic rings. The monoisotopic (exact) mass is 373 g/mol. The van der Waals surface area contributed by atoms with Crippen LogP contribution in [0.2, 0.25) is 0 Å². The third-order valence-corrected chi connectivity index (χ3v) is 5.04. The van der Waals surface area contributed by atoms with Gasteiger partial charge in [0.05, 0.1) is 6.04 Å². The summed E-state index contributed by atoms with van der Waals surface area (Å²) in [6, 6.07) is 25.7. The third-order valence-electron chi connectivity index (χ3n) is 5.04. The van der Waals surface area contributed by atoms with Crippen molar-refractivity contribution < 1.29 is 9.53 Å². The first-order valence-corrected chi connectivity index (χ1v) is 9.73. The lowest BCUT2D eigenvalue weighted by Gasteiger charge is -2.24. The third kappa shape index (κ3) is 4.61. The molecule has 28 heavy (non-hydrogen) atoms. The largest absolute Gasteiger partial charge is 0.480 e. The topological polar surface area (TPSA) is 38.3 Å².